The van der Waals surface area contributed by atoms with Crippen molar-refractivity contribution in [3.05, 3.63) is 119 Å². The van der Waals surface area contributed by atoms with Gasteiger partial charge in [-0.2, -0.15) is 8.78 Å². The summed E-state index contributed by atoms with van der Waals surface area (Å²) in [6.07, 6.45) is 8.20. The molecule has 0 saturated heterocycles. The molecule has 0 aromatic heterocycles. The molecule has 4 aromatic carbocycles. The minimum Gasteiger partial charge on any atom is -0.429 e. The van der Waals surface area contributed by atoms with Gasteiger partial charge in [-0.05, 0) is 103 Å². The summed E-state index contributed by atoms with van der Waals surface area (Å²) < 4.78 is 94.8. The molecule has 1 aliphatic carbocycles. The Morgan fingerprint density at radius 2 is 1.34 bits per heavy atom. The molecule has 0 bridgehead atoms. The predicted molar refractivity (Wildman–Crippen MR) is 176 cm³/mol. The summed E-state index contributed by atoms with van der Waals surface area (Å²) in [6.45, 7) is 4.11. The van der Waals surface area contributed by atoms with Gasteiger partial charge in [-0.25, -0.2) is 17.6 Å². The molecule has 1 fully saturated rings. The summed E-state index contributed by atoms with van der Waals surface area (Å²) in [5.74, 6) is -3.49. The van der Waals surface area contributed by atoms with E-state index in [1.165, 1.54) is 55.3 Å². The van der Waals surface area contributed by atoms with Gasteiger partial charge < -0.3 is 4.74 Å². The van der Waals surface area contributed by atoms with Gasteiger partial charge in [-0.1, -0.05) is 88.1 Å². The lowest BCUT2D eigenvalue weighted by atomic mass is 9.77. The van der Waals surface area contributed by atoms with Crippen molar-refractivity contribution in [2.24, 2.45) is 5.92 Å². The van der Waals surface area contributed by atoms with Gasteiger partial charge >= 0.3 is 6.11 Å². The maximum atomic E-state index is 15.2. The lowest BCUT2D eigenvalue weighted by Crippen LogP contribution is -2.25. The number of hydrogen-bond donors (Lipinski definition) is 0. The standard InChI is InChI=1S/C40H40F6O/c1-3-5-7-8-26-10-12-28(13-11-26)32-24-37(43)39(38(44)25-32)40(45,46)47-33-19-16-27(17-20-33)30-18-21-34(36(42)22-30)31-15-14-29(9-6-4-2)35(41)23-31/h6,9,14-26,28H,3-5,7-8,10-13H2,1-2H3/b9-6+. The molecule has 0 heterocycles. The van der Waals surface area contributed by atoms with Crippen LogP contribution in [0.1, 0.15) is 94.2 Å². The van der Waals surface area contributed by atoms with E-state index in [9.17, 15) is 4.39 Å². The molecule has 7 heteroatoms. The zero-order chi connectivity index (χ0) is 33.6. The molecule has 0 radical (unpaired) electrons. The van der Waals surface area contributed by atoms with Crippen LogP contribution in [0.5, 0.6) is 5.75 Å². The zero-order valence-electron chi connectivity index (χ0n) is 26.8. The lowest BCUT2D eigenvalue weighted by Gasteiger charge is -2.29. The van der Waals surface area contributed by atoms with E-state index in [0.29, 0.717) is 33.7 Å². The first-order chi connectivity index (χ1) is 22.6. The van der Waals surface area contributed by atoms with Gasteiger partial charge in [0.25, 0.3) is 0 Å². The Kier molecular flexibility index (Phi) is 11.2. The van der Waals surface area contributed by atoms with Crippen LogP contribution in [-0.2, 0) is 6.11 Å². The minimum atomic E-state index is -4.27. The summed E-state index contributed by atoms with van der Waals surface area (Å²) in [4.78, 5) is 0. The summed E-state index contributed by atoms with van der Waals surface area (Å²) in [7, 11) is 0. The van der Waals surface area contributed by atoms with Gasteiger partial charge in [0.1, 0.15) is 34.6 Å². The molecule has 0 amide bonds. The van der Waals surface area contributed by atoms with Crippen LogP contribution in [0.15, 0.2) is 78.9 Å². The van der Waals surface area contributed by atoms with E-state index in [1.807, 2.05) is 13.0 Å². The van der Waals surface area contributed by atoms with Crippen molar-refractivity contribution in [1.82, 2.24) is 0 Å². The van der Waals surface area contributed by atoms with Crippen LogP contribution in [0.2, 0.25) is 0 Å². The second-order valence-electron chi connectivity index (χ2n) is 12.5. The second kappa shape index (κ2) is 15.3. The highest BCUT2D eigenvalue weighted by molar-refractivity contribution is 5.72. The normalized spacial score (nSPS) is 16.9. The molecular formula is C40H40F6O. The van der Waals surface area contributed by atoms with E-state index >= 15 is 22.0 Å². The van der Waals surface area contributed by atoms with Gasteiger partial charge in [0.2, 0.25) is 0 Å². The number of benzene rings is 4. The highest BCUT2D eigenvalue weighted by Crippen LogP contribution is 2.41. The van der Waals surface area contributed by atoms with Crippen molar-refractivity contribution in [2.45, 2.75) is 83.7 Å². The molecule has 1 saturated carbocycles. The average molecular weight is 651 g/mol. The number of unbranched alkanes of at least 4 members (excludes halogenated alkanes) is 2. The van der Waals surface area contributed by atoms with Crippen LogP contribution < -0.4 is 4.74 Å². The summed E-state index contributed by atoms with van der Waals surface area (Å²) in [6, 6.07) is 16.3. The fourth-order valence-electron chi connectivity index (χ4n) is 6.49. The fraction of sp³-hybridized carbons (Fsp3) is 0.350. The zero-order valence-corrected chi connectivity index (χ0v) is 26.8. The highest BCUT2D eigenvalue weighted by atomic mass is 19.3. The van der Waals surface area contributed by atoms with Gasteiger partial charge in [-0.3, -0.25) is 0 Å². The molecule has 0 unspecified atom stereocenters. The van der Waals surface area contributed by atoms with Gasteiger partial charge in [0.05, 0.1) is 0 Å². The van der Waals surface area contributed by atoms with Crippen LogP contribution >= 0.6 is 0 Å². The van der Waals surface area contributed by atoms with Crippen LogP contribution in [0, 0.1) is 29.2 Å². The number of allylic oxidation sites excluding steroid dienone is 1. The topological polar surface area (TPSA) is 9.23 Å². The Morgan fingerprint density at radius 3 is 1.96 bits per heavy atom. The fourth-order valence-corrected chi connectivity index (χ4v) is 6.49. The Bertz CT molecular complexity index is 1660. The van der Waals surface area contributed by atoms with Crippen molar-refractivity contribution in [2.75, 3.05) is 0 Å². The molecule has 5 rings (SSSR count). The highest BCUT2D eigenvalue weighted by Gasteiger charge is 2.41. The van der Waals surface area contributed by atoms with Crippen molar-refractivity contribution < 1.29 is 31.1 Å². The van der Waals surface area contributed by atoms with Gasteiger partial charge in [0.15, 0.2) is 0 Å². The first-order valence-corrected chi connectivity index (χ1v) is 16.5. The predicted octanol–water partition coefficient (Wildman–Crippen LogP) is 13.0. The van der Waals surface area contributed by atoms with E-state index in [1.54, 1.807) is 24.3 Å². The molecule has 248 valence electrons. The van der Waals surface area contributed by atoms with E-state index in [0.717, 1.165) is 57.1 Å². The first-order valence-electron chi connectivity index (χ1n) is 16.5. The molecule has 47 heavy (non-hydrogen) atoms. The summed E-state index contributed by atoms with van der Waals surface area (Å²) in [5.41, 5.74) is 0.928. The van der Waals surface area contributed by atoms with Crippen molar-refractivity contribution >= 4 is 6.08 Å². The van der Waals surface area contributed by atoms with Crippen LogP contribution in [0.4, 0.5) is 26.3 Å². The average Bonchev–Trinajstić information content (AvgIpc) is 3.04. The Labute approximate surface area is 273 Å². The number of ether oxygens (including phenoxy) is 1. The Hall–Kier alpha value is -4.00. The quantitative estimate of drug-likeness (QED) is 0.110. The number of hydrogen-bond acceptors (Lipinski definition) is 1. The number of rotatable bonds is 12. The summed E-state index contributed by atoms with van der Waals surface area (Å²) >= 11 is 0. The maximum absolute atomic E-state index is 15.2. The molecule has 0 aliphatic heterocycles. The number of alkyl halides is 2. The molecular weight excluding hydrogens is 610 g/mol. The number of halogens is 6. The molecule has 1 aliphatic rings. The van der Waals surface area contributed by atoms with E-state index in [2.05, 4.69) is 6.92 Å². The largest absolute Gasteiger partial charge is 0.432 e. The molecule has 4 aromatic rings. The van der Waals surface area contributed by atoms with Crippen LogP contribution in [-0.4, -0.2) is 0 Å². The van der Waals surface area contributed by atoms with Crippen molar-refractivity contribution in [3.63, 3.8) is 0 Å². The van der Waals surface area contributed by atoms with E-state index in [4.69, 9.17) is 4.74 Å². The van der Waals surface area contributed by atoms with Crippen molar-refractivity contribution in [1.29, 1.82) is 0 Å². The lowest BCUT2D eigenvalue weighted by molar-refractivity contribution is -0.189. The first kappa shape index (κ1) is 34.3. The van der Waals surface area contributed by atoms with Gasteiger partial charge in [0, 0.05) is 11.1 Å². The minimum absolute atomic E-state index is 0.0637. The SMILES string of the molecule is CC/C=C/c1ccc(-c2ccc(-c3ccc(OC(F)(F)c4c(F)cc(C5CCC(CCCCC)CC5)cc4F)cc3)cc2F)cc1F. The van der Waals surface area contributed by atoms with Crippen molar-refractivity contribution in [3.8, 4) is 28.0 Å². The molecule has 0 N–H and O–H groups in total. The third kappa shape index (κ3) is 8.30. The monoisotopic (exact) mass is 650 g/mol. The third-order valence-corrected chi connectivity index (χ3v) is 9.14. The summed E-state index contributed by atoms with van der Waals surface area (Å²) in [5, 5.41) is 0. The Balaban J connectivity index is 1.25. The Morgan fingerprint density at radius 1 is 0.702 bits per heavy atom. The molecule has 0 atom stereocenters. The third-order valence-electron chi connectivity index (χ3n) is 9.14. The van der Waals surface area contributed by atoms with E-state index in [-0.39, 0.29) is 17.2 Å². The maximum Gasteiger partial charge on any atom is 0.432 e. The smallest absolute Gasteiger partial charge is 0.429 e. The van der Waals surface area contributed by atoms with Gasteiger partial charge in [-0.15, -0.1) is 0 Å². The second-order valence-corrected chi connectivity index (χ2v) is 12.5. The van der Waals surface area contributed by atoms with Crippen LogP contribution in [0.3, 0.4) is 0 Å². The van der Waals surface area contributed by atoms with E-state index < -0.39 is 34.9 Å². The molecule has 1 nitrogen and oxygen atoms in total. The van der Waals surface area contributed by atoms with Crippen LogP contribution in [0.25, 0.3) is 28.3 Å². The molecule has 0 spiro atoms.